The molecule has 0 spiro atoms. The molecule has 0 N–H and O–H groups in total. The van der Waals surface area contributed by atoms with Crippen molar-refractivity contribution in [2.24, 2.45) is 0 Å². The number of ether oxygens (including phenoxy) is 4. The average molecular weight is 616 g/mol. The number of methoxy groups -OCH3 is 1. The molecule has 9 nitrogen and oxygen atoms in total. The lowest BCUT2D eigenvalue weighted by atomic mass is 10.1. The number of halogens is 2. The number of aromatic nitrogens is 3. The van der Waals surface area contributed by atoms with Gasteiger partial charge in [0.25, 0.3) is 11.3 Å². The fraction of sp³-hybridized carbons (Fsp3) is 0.242. The van der Waals surface area contributed by atoms with Crippen LogP contribution in [0, 0.1) is 5.82 Å². The molecule has 2 aromatic heterocycles. The lowest BCUT2D eigenvalue weighted by Crippen LogP contribution is -2.32. The Morgan fingerprint density at radius 3 is 2.70 bits per heavy atom. The minimum atomic E-state index is -1.42. The first-order chi connectivity index (χ1) is 21.2. The molecule has 2 atom stereocenters. The van der Waals surface area contributed by atoms with Gasteiger partial charge < -0.3 is 28.1 Å². The van der Waals surface area contributed by atoms with Crippen LogP contribution in [0.2, 0.25) is 5.02 Å². The summed E-state index contributed by atoms with van der Waals surface area (Å²) in [6.07, 6.45) is 2.65. The lowest BCUT2D eigenvalue weighted by molar-refractivity contribution is -0.0705. The topological polar surface area (TPSA) is 93.8 Å². The molecule has 224 valence electrons. The number of carbonyl (C=O) groups is 1. The Kier molecular flexibility index (Phi) is 6.90. The van der Waals surface area contributed by atoms with E-state index >= 15 is 0 Å². The summed E-state index contributed by atoms with van der Waals surface area (Å²) in [6.45, 7) is 3.08. The highest BCUT2D eigenvalue weighted by Crippen LogP contribution is 2.49. The molecule has 0 amide bonds. The number of para-hydroxylation sites is 1. The van der Waals surface area contributed by atoms with Crippen LogP contribution in [-0.2, 0) is 28.4 Å². The second kappa shape index (κ2) is 10.8. The van der Waals surface area contributed by atoms with Crippen molar-refractivity contribution in [1.82, 2.24) is 14.1 Å². The molecule has 2 aliphatic rings. The molecule has 1 unspecified atom stereocenters. The van der Waals surface area contributed by atoms with E-state index < -0.39 is 17.6 Å². The second-order valence-corrected chi connectivity index (χ2v) is 11.3. The molecular weight excluding hydrogens is 589 g/mol. The number of esters is 1. The van der Waals surface area contributed by atoms with Crippen LogP contribution in [0.25, 0.3) is 22.2 Å². The van der Waals surface area contributed by atoms with Crippen LogP contribution in [0.3, 0.4) is 0 Å². The van der Waals surface area contributed by atoms with E-state index in [1.807, 2.05) is 16.7 Å². The van der Waals surface area contributed by atoms with Gasteiger partial charge in [-0.2, -0.15) is 0 Å². The summed E-state index contributed by atoms with van der Waals surface area (Å²) in [6, 6.07) is 18.2. The van der Waals surface area contributed by atoms with Crippen molar-refractivity contribution in [3.63, 3.8) is 0 Å². The molecule has 0 bridgehead atoms. The van der Waals surface area contributed by atoms with Crippen molar-refractivity contribution >= 4 is 28.6 Å². The van der Waals surface area contributed by atoms with Gasteiger partial charge in [0.15, 0.2) is 11.5 Å². The predicted molar refractivity (Wildman–Crippen MR) is 161 cm³/mol. The van der Waals surface area contributed by atoms with Crippen LogP contribution in [0.15, 0.2) is 77.7 Å². The number of rotatable bonds is 7. The molecule has 0 aliphatic carbocycles. The minimum absolute atomic E-state index is 0.0291. The van der Waals surface area contributed by atoms with Crippen LogP contribution in [0.4, 0.5) is 4.39 Å². The van der Waals surface area contributed by atoms with Gasteiger partial charge in [-0.1, -0.05) is 23.7 Å². The Morgan fingerprint density at radius 2 is 1.98 bits per heavy atom. The van der Waals surface area contributed by atoms with Gasteiger partial charge in [-0.15, -0.1) is 0 Å². The number of benzene rings is 3. The summed E-state index contributed by atoms with van der Waals surface area (Å²) in [5, 5.41) is 0.268. The summed E-state index contributed by atoms with van der Waals surface area (Å²) in [7, 11) is 1.34. The van der Waals surface area contributed by atoms with E-state index in [-0.39, 0.29) is 28.8 Å². The van der Waals surface area contributed by atoms with Crippen LogP contribution in [0.1, 0.15) is 35.1 Å². The molecule has 2 aliphatic heterocycles. The standard InChI is InChI=1S/C33H27ClFN3O6/c1-33(24-8-7-21(34)16-25(24)35)43-28-5-3-4-23(31(28)44-33)19-10-12-37(30(39)15-19)18-29-36-26-9-6-20(32(40)41-2)14-27(26)38(29)17-22-11-13-42-22/h3-10,12,14-16,22H,11,13,17-18H2,1-2H3/t22-,33?/m0/s1. The molecule has 7 rings (SSSR count). The monoisotopic (exact) mass is 615 g/mol. The summed E-state index contributed by atoms with van der Waals surface area (Å²) in [4.78, 5) is 30.4. The third-order valence-corrected chi connectivity index (χ3v) is 8.28. The third kappa shape index (κ3) is 4.89. The summed E-state index contributed by atoms with van der Waals surface area (Å²) < 4.78 is 41.2. The SMILES string of the molecule is COC(=O)c1ccc2nc(Cn3ccc(-c4cccc5c4OC(C)(c4ccc(Cl)cc4F)O5)cc3=O)n(C[C@@H]3CCO3)c2c1. The van der Waals surface area contributed by atoms with Crippen LogP contribution in [0.5, 0.6) is 11.5 Å². The van der Waals surface area contributed by atoms with Crippen molar-refractivity contribution in [2.75, 3.05) is 13.7 Å². The Hall–Kier alpha value is -4.67. The van der Waals surface area contributed by atoms with Gasteiger partial charge in [0.1, 0.15) is 11.6 Å². The number of hydrogen-bond donors (Lipinski definition) is 0. The maximum Gasteiger partial charge on any atom is 0.337 e. The zero-order valence-electron chi connectivity index (χ0n) is 23.9. The van der Waals surface area contributed by atoms with Gasteiger partial charge in [0, 0.05) is 36.4 Å². The molecular formula is C33H27ClFN3O6. The van der Waals surface area contributed by atoms with Gasteiger partial charge in [-0.05, 0) is 60.5 Å². The van der Waals surface area contributed by atoms with Gasteiger partial charge in [0.05, 0.1) is 48.5 Å². The summed E-state index contributed by atoms with van der Waals surface area (Å²) >= 11 is 5.94. The van der Waals surface area contributed by atoms with Crippen LogP contribution >= 0.6 is 11.6 Å². The van der Waals surface area contributed by atoms with Gasteiger partial charge >= 0.3 is 5.97 Å². The number of imidazole rings is 1. The summed E-state index contributed by atoms with van der Waals surface area (Å²) in [5.74, 6) is -0.905. The fourth-order valence-corrected chi connectivity index (χ4v) is 5.81. The Bertz CT molecular complexity index is 2000. The first-order valence-corrected chi connectivity index (χ1v) is 14.5. The van der Waals surface area contributed by atoms with Gasteiger partial charge in [-0.25, -0.2) is 14.2 Å². The van der Waals surface area contributed by atoms with Crippen molar-refractivity contribution in [3.05, 3.63) is 111 Å². The number of nitrogens with zero attached hydrogens (tertiary/aromatic N) is 3. The molecule has 5 aromatic rings. The zero-order valence-corrected chi connectivity index (χ0v) is 24.6. The Balaban J connectivity index is 1.20. The van der Waals surface area contributed by atoms with Crippen molar-refractivity contribution in [3.8, 4) is 22.6 Å². The van der Waals surface area contributed by atoms with E-state index in [9.17, 15) is 14.0 Å². The highest BCUT2D eigenvalue weighted by molar-refractivity contribution is 6.30. The van der Waals surface area contributed by atoms with E-state index in [4.69, 9.17) is 35.5 Å². The van der Waals surface area contributed by atoms with E-state index in [1.54, 1.807) is 54.1 Å². The fourth-order valence-electron chi connectivity index (χ4n) is 5.65. The van der Waals surface area contributed by atoms with Crippen LogP contribution < -0.4 is 15.0 Å². The van der Waals surface area contributed by atoms with Crippen molar-refractivity contribution in [1.29, 1.82) is 0 Å². The number of carbonyl (C=O) groups excluding carboxylic acids is 1. The predicted octanol–water partition coefficient (Wildman–Crippen LogP) is 5.93. The first-order valence-electron chi connectivity index (χ1n) is 14.1. The Morgan fingerprint density at radius 1 is 1.14 bits per heavy atom. The minimum Gasteiger partial charge on any atom is -0.465 e. The van der Waals surface area contributed by atoms with Crippen molar-refractivity contribution < 1.29 is 28.1 Å². The maximum atomic E-state index is 14.8. The van der Waals surface area contributed by atoms with Crippen LogP contribution in [-0.4, -0.2) is 39.9 Å². The quantitative estimate of drug-likeness (QED) is 0.210. The molecule has 3 aromatic carbocycles. The molecule has 0 saturated carbocycles. The normalized spacial score (nSPS) is 18.8. The number of fused-ring (bicyclic) bond motifs is 2. The maximum absolute atomic E-state index is 14.8. The smallest absolute Gasteiger partial charge is 0.337 e. The molecule has 1 fully saturated rings. The first kappa shape index (κ1) is 28.1. The highest BCUT2D eigenvalue weighted by atomic mass is 35.5. The van der Waals surface area contributed by atoms with Gasteiger partial charge in [0.2, 0.25) is 0 Å². The number of pyridine rings is 1. The molecule has 1 saturated heterocycles. The highest BCUT2D eigenvalue weighted by Gasteiger charge is 2.42. The van der Waals surface area contributed by atoms with E-state index in [0.29, 0.717) is 52.7 Å². The second-order valence-electron chi connectivity index (χ2n) is 10.9. The molecule has 44 heavy (non-hydrogen) atoms. The lowest BCUT2D eigenvalue weighted by Gasteiger charge is -2.27. The van der Waals surface area contributed by atoms with Crippen molar-refractivity contribution in [2.45, 2.75) is 38.3 Å². The molecule has 4 heterocycles. The molecule has 11 heteroatoms. The zero-order chi connectivity index (χ0) is 30.6. The number of hydrogen-bond acceptors (Lipinski definition) is 7. The van der Waals surface area contributed by atoms with E-state index in [2.05, 4.69) is 0 Å². The summed E-state index contributed by atoms with van der Waals surface area (Å²) in [5.41, 5.74) is 3.09. The van der Waals surface area contributed by atoms with Gasteiger partial charge in [-0.3, -0.25) is 4.79 Å². The Labute approximate surface area is 256 Å². The molecule has 0 radical (unpaired) electrons. The van der Waals surface area contributed by atoms with E-state index in [0.717, 1.165) is 11.9 Å². The van der Waals surface area contributed by atoms with E-state index in [1.165, 1.54) is 25.3 Å². The largest absolute Gasteiger partial charge is 0.465 e. The average Bonchev–Trinajstić information content (AvgIpc) is 3.51. The third-order valence-electron chi connectivity index (χ3n) is 8.05.